The number of para-hydroxylation sites is 1. The third kappa shape index (κ3) is 5.25. The van der Waals surface area contributed by atoms with Crippen LogP contribution in [-0.2, 0) is 12.8 Å². The first kappa shape index (κ1) is 27.3. The number of aromatic hydroxyl groups is 1. The molecule has 0 bridgehead atoms. The van der Waals surface area contributed by atoms with Crippen LogP contribution < -0.4 is 10.7 Å². The Kier molecular flexibility index (Phi) is 7.60. The van der Waals surface area contributed by atoms with Gasteiger partial charge in [0.05, 0.1) is 11.8 Å². The molecule has 0 heterocycles. The van der Waals surface area contributed by atoms with Crippen molar-refractivity contribution in [1.82, 2.24) is 5.43 Å². The first-order valence-electron chi connectivity index (χ1n) is 14.3. The van der Waals surface area contributed by atoms with E-state index >= 15 is 0 Å². The summed E-state index contributed by atoms with van der Waals surface area (Å²) >= 11 is 11.7. The number of nitrogens with one attached hydrogen (secondary N) is 2. The Morgan fingerprint density at radius 3 is 2.60 bits per heavy atom. The van der Waals surface area contributed by atoms with E-state index in [1.807, 2.05) is 60.7 Å². The number of rotatable bonds is 5. The second-order valence-electron chi connectivity index (χ2n) is 11.9. The number of phenols is 1. The number of aliphatic hydroxyl groups excluding tert-OH is 1. The summed E-state index contributed by atoms with van der Waals surface area (Å²) in [6.45, 7) is 2.31. The van der Waals surface area contributed by atoms with Crippen LogP contribution in [0, 0.1) is 17.3 Å². The molecule has 2 fully saturated rings. The predicted octanol–water partition coefficient (Wildman–Crippen LogP) is 7.20. The van der Waals surface area contributed by atoms with Gasteiger partial charge in [0.25, 0.3) is 0 Å². The quantitative estimate of drug-likeness (QED) is 0.148. The second kappa shape index (κ2) is 11.2. The van der Waals surface area contributed by atoms with Crippen molar-refractivity contribution in [3.8, 4) is 5.75 Å². The third-order valence-corrected chi connectivity index (χ3v) is 10.2. The minimum atomic E-state index is -0.177. The Morgan fingerprint density at radius 2 is 1.82 bits per heavy atom. The highest BCUT2D eigenvalue weighted by Gasteiger charge is 2.54. The summed E-state index contributed by atoms with van der Waals surface area (Å²) in [5.74, 6) is 1.94. The van der Waals surface area contributed by atoms with Gasteiger partial charge in [-0.25, -0.2) is 0 Å². The molecule has 5 atom stereocenters. The standard InChI is InChI=1S/C33H36ClN3O2S/c1-33-16-15-25-26(28(33)13-14-31(33)39)12-9-21-19-30(38)22(17-27(21)25)18-29(20-7-10-23(34)11-8-20)36-37-32(40)35-24-5-3-2-4-6-24/h2-8,10-11,17,19,25-26,28,31,38-39H,9,12-16,18H2,1H3,(H2,35,37,40)/b36-29+/t25-,26+,28-,31-,33-/m0/s1. The maximum Gasteiger partial charge on any atom is 0.191 e. The highest BCUT2D eigenvalue weighted by Crippen LogP contribution is 2.61. The van der Waals surface area contributed by atoms with Gasteiger partial charge < -0.3 is 15.5 Å². The maximum atomic E-state index is 11.1. The third-order valence-electron chi connectivity index (χ3n) is 9.73. The summed E-state index contributed by atoms with van der Waals surface area (Å²) in [4.78, 5) is 0. The molecule has 0 amide bonds. The summed E-state index contributed by atoms with van der Waals surface area (Å²) in [5, 5.41) is 30.8. The van der Waals surface area contributed by atoms with Gasteiger partial charge in [0.15, 0.2) is 5.11 Å². The number of hydrogen-bond donors (Lipinski definition) is 4. The molecule has 2 saturated carbocycles. The fourth-order valence-corrected chi connectivity index (χ4v) is 7.89. The molecule has 208 valence electrons. The Balaban J connectivity index is 1.28. The van der Waals surface area contributed by atoms with Gasteiger partial charge in [-0.1, -0.05) is 54.9 Å². The van der Waals surface area contributed by atoms with E-state index in [1.165, 1.54) is 11.1 Å². The van der Waals surface area contributed by atoms with Crippen LogP contribution in [0.3, 0.4) is 0 Å². The number of thiocarbonyl (C=S) groups is 1. The van der Waals surface area contributed by atoms with Crippen molar-refractivity contribution in [3.05, 3.63) is 94.0 Å². The van der Waals surface area contributed by atoms with Crippen molar-refractivity contribution in [2.75, 3.05) is 5.32 Å². The Morgan fingerprint density at radius 1 is 1.05 bits per heavy atom. The zero-order chi connectivity index (χ0) is 27.9. The summed E-state index contributed by atoms with van der Waals surface area (Å²) < 4.78 is 0. The van der Waals surface area contributed by atoms with Gasteiger partial charge in [-0.3, -0.25) is 5.43 Å². The van der Waals surface area contributed by atoms with Gasteiger partial charge in [-0.15, -0.1) is 0 Å². The molecule has 3 aromatic rings. The summed E-state index contributed by atoms with van der Waals surface area (Å²) in [6.07, 6.45) is 6.57. The molecule has 5 nitrogen and oxygen atoms in total. The van der Waals surface area contributed by atoms with Crippen LogP contribution in [0.2, 0.25) is 5.02 Å². The lowest BCUT2D eigenvalue weighted by Gasteiger charge is -2.50. The molecule has 7 heteroatoms. The largest absolute Gasteiger partial charge is 0.508 e. The summed E-state index contributed by atoms with van der Waals surface area (Å²) in [5.41, 5.74) is 9.08. The number of halogens is 1. The number of aryl methyl sites for hydroxylation is 1. The minimum Gasteiger partial charge on any atom is -0.508 e. The van der Waals surface area contributed by atoms with E-state index in [-0.39, 0.29) is 11.5 Å². The van der Waals surface area contributed by atoms with Gasteiger partial charge in [-0.2, -0.15) is 5.10 Å². The molecule has 0 aliphatic heterocycles. The fourth-order valence-electron chi connectivity index (χ4n) is 7.60. The number of fused-ring (bicyclic) bond motifs is 5. The molecule has 6 rings (SSSR count). The van der Waals surface area contributed by atoms with Crippen LogP contribution in [-0.4, -0.2) is 27.1 Å². The molecule has 4 N–H and O–H groups in total. The number of aliphatic hydroxyl groups is 1. The normalized spacial score (nSPS) is 27.3. The summed E-state index contributed by atoms with van der Waals surface area (Å²) in [7, 11) is 0. The molecule has 0 unspecified atom stereocenters. The first-order valence-corrected chi connectivity index (χ1v) is 15.1. The lowest BCUT2D eigenvalue weighted by atomic mass is 9.55. The number of hydrogen-bond acceptors (Lipinski definition) is 4. The number of phenolic OH excluding ortho intramolecular Hbond substituents is 1. The minimum absolute atomic E-state index is 0.0463. The van der Waals surface area contributed by atoms with E-state index in [0.717, 1.165) is 61.1 Å². The molecule has 0 saturated heterocycles. The zero-order valence-corrected chi connectivity index (χ0v) is 24.3. The molecule has 3 aromatic carbocycles. The van der Waals surface area contributed by atoms with Crippen LogP contribution in [0.4, 0.5) is 5.69 Å². The van der Waals surface area contributed by atoms with Crippen LogP contribution in [0.1, 0.15) is 67.2 Å². The van der Waals surface area contributed by atoms with E-state index in [4.69, 9.17) is 28.9 Å². The van der Waals surface area contributed by atoms with Crippen molar-refractivity contribution in [3.63, 3.8) is 0 Å². The molecular formula is C33H36ClN3O2S. The number of nitrogens with zero attached hydrogens (tertiary/aromatic N) is 1. The smallest absolute Gasteiger partial charge is 0.191 e. The number of anilines is 1. The number of hydrazone groups is 1. The van der Waals surface area contributed by atoms with E-state index in [2.05, 4.69) is 23.7 Å². The predicted molar refractivity (Wildman–Crippen MR) is 166 cm³/mol. The highest BCUT2D eigenvalue weighted by molar-refractivity contribution is 7.80. The van der Waals surface area contributed by atoms with E-state index in [9.17, 15) is 10.2 Å². The Labute approximate surface area is 246 Å². The molecule has 0 aromatic heterocycles. The van der Waals surface area contributed by atoms with Gasteiger partial charge in [0, 0.05) is 22.7 Å². The Hall–Kier alpha value is -2.93. The van der Waals surface area contributed by atoms with Crippen LogP contribution in [0.25, 0.3) is 0 Å². The zero-order valence-electron chi connectivity index (χ0n) is 22.7. The second-order valence-corrected chi connectivity index (χ2v) is 12.8. The summed E-state index contributed by atoms with van der Waals surface area (Å²) in [6, 6.07) is 21.5. The average Bonchev–Trinajstić information content (AvgIpc) is 3.26. The molecule has 0 spiro atoms. The van der Waals surface area contributed by atoms with Gasteiger partial charge in [0.2, 0.25) is 0 Å². The van der Waals surface area contributed by atoms with Crippen molar-refractivity contribution in [2.24, 2.45) is 22.4 Å². The first-order chi connectivity index (χ1) is 19.3. The van der Waals surface area contributed by atoms with Crippen molar-refractivity contribution in [2.45, 2.75) is 63.9 Å². The Bertz CT molecular complexity index is 1430. The molecule has 3 aliphatic rings. The molecular weight excluding hydrogens is 538 g/mol. The van der Waals surface area contributed by atoms with E-state index in [1.54, 1.807) is 0 Å². The number of benzene rings is 3. The van der Waals surface area contributed by atoms with Gasteiger partial charge >= 0.3 is 0 Å². The SMILES string of the molecule is C[C@]12CC[C@@H]3c4cc(C/C(=N\NC(=S)Nc5ccccc5)c5ccc(Cl)cc5)c(O)cc4CC[C@H]3[C@@H]1CC[C@@H]2O. The van der Waals surface area contributed by atoms with Crippen LogP contribution >= 0.6 is 23.8 Å². The lowest BCUT2D eigenvalue weighted by molar-refractivity contribution is -0.0226. The monoisotopic (exact) mass is 573 g/mol. The van der Waals surface area contributed by atoms with Crippen molar-refractivity contribution in [1.29, 1.82) is 0 Å². The molecule has 0 radical (unpaired) electrons. The van der Waals surface area contributed by atoms with E-state index < -0.39 is 0 Å². The van der Waals surface area contributed by atoms with Crippen LogP contribution in [0.15, 0.2) is 71.8 Å². The van der Waals surface area contributed by atoms with Crippen molar-refractivity contribution < 1.29 is 10.2 Å². The topological polar surface area (TPSA) is 76.9 Å². The van der Waals surface area contributed by atoms with E-state index in [0.29, 0.717) is 40.1 Å². The average molecular weight is 574 g/mol. The molecule has 3 aliphatic carbocycles. The highest BCUT2D eigenvalue weighted by atomic mass is 35.5. The lowest BCUT2D eigenvalue weighted by Crippen LogP contribution is -2.43. The molecule has 40 heavy (non-hydrogen) atoms. The van der Waals surface area contributed by atoms with Gasteiger partial charge in [0.1, 0.15) is 5.75 Å². The maximum absolute atomic E-state index is 11.1. The van der Waals surface area contributed by atoms with Crippen LogP contribution in [0.5, 0.6) is 5.75 Å². The fraction of sp³-hybridized carbons (Fsp3) is 0.394. The van der Waals surface area contributed by atoms with Gasteiger partial charge in [-0.05, 0) is 121 Å². The van der Waals surface area contributed by atoms with Crippen molar-refractivity contribution >= 4 is 40.3 Å².